The van der Waals surface area contributed by atoms with Gasteiger partial charge >= 0.3 is 0 Å². The van der Waals surface area contributed by atoms with E-state index in [0.29, 0.717) is 6.04 Å². The Bertz CT molecular complexity index is 401. The van der Waals surface area contributed by atoms with Crippen molar-refractivity contribution in [2.24, 2.45) is 0 Å². The largest absolute Gasteiger partial charge is 0.314 e. The molecule has 1 rings (SSSR count). The molecule has 116 valence electrons. The van der Waals surface area contributed by atoms with Crippen molar-refractivity contribution in [3.8, 4) is 0 Å². The van der Waals surface area contributed by atoms with E-state index in [2.05, 4.69) is 43.3 Å². The molecule has 0 fully saturated rings. The smallest absolute Gasteiger partial charge is 0.0847 e. The molecule has 0 aliphatic carbocycles. The Morgan fingerprint density at radius 3 is 2.60 bits per heavy atom. The van der Waals surface area contributed by atoms with E-state index >= 15 is 0 Å². The zero-order valence-corrected chi connectivity index (χ0v) is 14.3. The summed E-state index contributed by atoms with van der Waals surface area (Å²) >= 11 is 6.41. The van der Waals surface area contributed by atoms with Gasteiger partial charge in [-0.1, -0.05) is 18.5 Å². The summed E-state index contributed by atoms with van der Waals surface area (Å²) in [6.45, 7) is 9.29. The normalized spacial score (nSPS) is 13.2. The van der Waals surface area contributed by atoms with E-state index in [-0.39, 0.29) is 0 Å². The molecule has 1 atom stereocenters. The number of halogens is 1. The number of rotatable bonds is 9. The van der Waals surface area contributed by atoms with Crippen LogP contribution in [0.5, 0.6) is 0 Å². The van der Waals surface area contributed by atoms with Crippen LogP contribution >= 0.6 is 11.6 Å². The molecular formula is C15H29ClN4. The van der Waals surface area contributed by atoms with Crippen LogP contribution in [0, 0.1) is 6.92 Å². The number of hydrogen-bond acceptors (Lipinski definition) is 3. The first-order chi connectivity index (χ1) is 9.49. The van der Waals surface area contributed by atoms with Gasteiger partial charge in [-0.2, -0.15) is 5.10 Å². The van der Waals surface area contributed by atoms with Gasteiger partial charge in [-0.15, -0.1) is 0 Å². The van der Waals surface area contributed by atoms with Gasteiger partial charge in [0.2, 0.25) is 0 Å². The lowest BCUT2D eigenvalue weighted by Crippen LogP contribution is -2.35. The van der Waals surface area contributed by atoms with Crippen LogP contribution in [-0.4, -0.2) is 47.9 Å². The number of nitrogens with one attached hydrogen (secondary N) is 1. The van der Waals surface area contributed by atoms with Crippen molar-refractivity contribution in [2.45, 2.75) is 52.6 Å². The van der Waals surface area contributed by atoms with Crippen molar-refractivity contribution in [3.05, 3.63) is 16.4 Å². The maximum Gasteiger partial charge on any atom is 0.0847 e. The number of aromatic nitrogens is 2. The summed E-state index contributed by atoms with van der Waals surface area (Å²) in [5.74, 6) is 0. The van der Waals surface area contributed by atoms with E-state index in [1.807, 2.05) is 11.6 Å². The zero-order valence-electron chi connectivity index (χ0n) is 13.5. The fourth-order valence-electron chi connectivity index (χ4n) is 2.34. The molecule has 1 aromatic heterocycles. The summed E-state index contributed by atoms with van der Waals surface area (Å²) in [6, 6.07) is 0.455. The van der Waals surface area contributed by atoms with Gasteiger partial charge in [0, 0.05) is 19.0 Å². The zero-order chi connectivity index (χ0) is 15.1. The Morgan fingerprint density at radius 2 is 2.05 bits per heavy atom. The lowest BCUT2D eigenvalue weighted by atomic mass is 10.1. The summed E-state index contributed by atoms with van der Waals surface area (Å²) in [6.07, 6.45) is 3.22. The van der Waals surface area contributed by atoms with Crippen molar-refractivity contribution in [3.63, 3.8) is 0 Å². The molecule has 0 aliphatic rings. The van der Waals surface area contributed by atoms with Crippen LogP contribution in [0.3, 0.4) is 0 Å². The van der Waals surface area contributed by atoms with Crippen molar-refractivity contribution in [2.75, 3.05) is 27.2 Å². The van der Waals surface area contributed by atoms with Crippen LogP contribution in [0.4, 0.5) is 0 Å². The summed E-state index contributed by atoms with van der Waals surface area (Å²) in [4.78, 5) is 2.23. The van der Waals surface area contributed by atoms with Gasteiger partial charge in [-0.25, -0.2) is 0 Å². The second-order valence-electron chi connectivity index (χ2n) is 5.61. The molecule has 1 unspecified atom stereocenters. The minimum Gasteiger partial charge on any atom is -0.314 e. The molecule has 0 amide bonds. The lowest BCUT2D eigenvalue weighted by Gasteiger charge is -2.21. The van der Waals surface area contributed by atoms with Crippen LogP contribution in [0.2, 0.25) is 5.02 Å². The molecule has 0 bridgehead atoms. The molecule has 0 saturated heterocycles. The van der Waals surface area contributed by atoms with E-state index in [9.17, 15) is 0 Å². The Hall–Kier alpha value is -0.580. The first kappa shape index (κ1) is 17.5. The Morgan fingerprint density at radius 1 is 1.35 bits per heavy atom. The maximum absolute atomic E-state index is 6.41. The summed E-state index contributed by atoms with van der Waals surface area (Å²) in [5, 5.41) is 8.97. The van der Waals surface area contributed by atoms with Gasteiger partial charge < -0.3 is 10.2 Å². The monoisotopic (exact) mass is 300 g/mol. The lowest BCUT2D eigenvalue weighted by molar-refractivity contribution is 0.353. The minimum atomic E-state index is 0.455. The third-order valence-corrected chi connectivity index (χ3v) is 3.99. The molecule has 0 aromatic carbocycles. The van der Waals surface area contributed by atoms with E-state index in [0.717, 1.165) is 49.6 Å². The fourth-order valence-corrected chi connectivity index (χ4v) is 2.55. The van der Waals surface area contributed by atoms with Gasteiger partial charge in [0.15, 0.2) is 0 Å². The summed E-state index contributed by atoms with van der Waals surface area (Å²) in [5.41, 5.74) is 2.10. The fraction of sp³-hybridized carbons (Fsp3) is 0.800. The third kappa shape index (κ3) is 5.08. The number of aryl methyl sites for hydroxylation is 2. The van der Waals surface area contributed by atoms with E-state index in [1.165, 1.54) is 5.69 Å². The molecule has 1 aromatic rings. The second-order valence-corrected chi connectivity index (χ2v) is 5.99. The van der Waals surface area contributed by atoms with Crippen LogP contribution in [0.15, 0.2) is 0 Å². The SMILES string of the molecule is CCCNC(CCN(C)C)Cc1c(Cl)c(C)nn1CC. The first-order valence-electron chi connectivity index (χ1n) is 7.59. The third-order valence-electron chi connectivity index (χ3n) is 3.50. The molecule has 5 heteroatoms. The maximum atomic E-state index is 6.41. The highest BCUT2D eigenvalue weighted by Gasteiger charge is 2.17. The van der Waals surface area contributed by atoms with Crippen LogP contribution in [0.1, 0.15) is 38.1 Å². The average molecular weight is 301 g/mol. The predicted molar refractivity (Wildman–Crippen MR) is 86.6 cm³/mol. The quantitative estimate of drug-likeness (QED) is 0.761. The van der Waals surface area contributed by atoms with Crippen LogP contribution < -0.4 is 5.32 Å². The van der Waals surface area contributed by atoms with Crippen LogP contribution in [0.25, 0.3) is 0 Å². The van der Waals surface area contributed by atoms with Gasteiger partial charge in [-0.05, 0) is 53.9 Å². The second kappa shape index (κ2) is 8.65. The Balaban J connectivity index is 2.77. The van der Waals surface area contributed by atoms with E-state index in [4.69, 9.17) is 11.6 Å². The molecule has 0 aliphatic heterocycles. The average Bonchev–Trinajstić information content (AvgIpc) is 2.68. The molecular weight excluding hydrogens is 272 g/mol. The topological polar surface area (TPSA) is 33.1 Å². The van der Waals surface area contributed by atoms with Crippen molar-refractivity contribution < 1.29 is 0 Å². The highest BCUT2D eigenvalue weighted by molar-refractivity contribution is 6.31. The Labute approximate surface area is 128 Å². The predicted octanol–water partition coefficient (Wildman–Crippen LogP) is 2.73. The van der Waals surface area contributed by atoms with E-state index in [1.54, 1.807) is 0 Å². The molecule has 1 heterocycles. The number of nitrogens with zero attached hydrogens (tertiary/aromatic N) is 3. The first-order valence-corrected chi connectivity index (χ1v) is 7.97. The highest BCUT2D eigenvalue weighted by atomic mass is 35.5. The molecule has 0 spiro atoms. The molecule has 1 N–H and O–H groups in total. The molecule has 4 nitrogen and oxygen atoms in total. The van der Waals surface area contributed by atoms with Crippen molar-refractivity contribution in [1.29, 1.82) is 0 Å². The molecule has 20 heavy (non-hydrogen) atoms. The highest BCUT2D eigenvalue weighted by Crippen LogP contribution is 2.22. The van der Waals surface area contributed by atoms with Gasteiger partial charge in [-0.3, -0.25) is 4.68 Å². The molecule has 0 saturated carbocycles. The van der Waals surface area contributed by atoms with Gasteiger partial charge in [0.1, 0.15) is 0 Å². The Kier molecular flexibility index (Phi) is 7.56. The van der Waals surface area contributed by atoms with Gasteiger partial charge in [0.05, 0.1) is 16.4 Å². The standard InChI is InChI=1S/C15H29ClN4/c1-6-9-17-13(8-10-19(4)5)11-14-15(16)12(3)18-20(14)7-2/h13,17H,6-11H2,1-5H3. The number of hydrogen-bond donors (Lipinski definition) is 1. The minimum absolute atomic E-state index is 0.455. The van der Waals surface area contributed by atoms with Gasteiger partial charge in [0.25, 0.3) is 0 Å². The van der Waals surface area contributed by atoms with E-state index < -0.39 is 0 Å². The summed E-state index contributed by atoms with van der Waals surface area (Å²) < 4.78 is 2.04. The summed E-state index contributed by atoms with van der Waals surface area (Å²) in [7, 11) is 4.23. The van der Waals surface area contributed by atoms with Crippen molar-refractivity contribution in [1.82, 2.24) is 20.0 Å². The molecule has 0 radical (unpaired) electrons. The van der Waals surface area contributed by atoms with Crippen LogP contribution in [-0.2, 0) is 13.0 Å². The van der Waals surface area contributed by atoms with Crippen molar-refractivity contribution >= 4 is 11.6 Å².